The minimum absolute atomic E-state index is 0.0137. The van der Waals surface area contributed by atoms with E-state index in [9.17, 15) is 13.0 Å². The van der Waals surface area contributed by atoms with Gasteiger partial charge in [0, 0.05) is 54.2 Å². The number of aryl methyl sites for hydroxylation is 1. The number of fused-ring (bicyclic) bond motifs is 1. The molecule has 0 amide bonds. The molecule has 3 heterocycles. The number of benzene rings is 2. The van der Waals surface area contributed by atoms with Crippen molar-refractivity contribution in [3.8, 4) is 17.2 Å². The Hall–Kier alpha value is -3.36. The number of rotatable bonds is 12. The first kappa shape index (κ1) is 31.1. The molecule has 1 saturated heterocycles. The monoisotopic (exact) mass is 628 g/mol. The highest BCUT2D eigenvalue weighted by molar-refractivity contribution is 7.93. The molecule has 0 aliphatic carbocycles. The van der Waals surface area contributed by atoms with Gasteiger partial charge in [-0.2, -0.15) is 8.96 Å². The zero-order valence-corrected chi connectivity index (χ0v) is 26.4. The number of hydrogen-bond donors (Lipinski definition) is 0. The number of hydrogen-bond acceptors (Lipinski definition) is 10. The van der Waals surface area contributed by atoms with Crippen LogP contribution in [-0.2, 0) is 31.7 Å². The number of imidazole rings is 1. The van der Waals surface area contributed by atoms with Crippen molar-refractivity contribution in [2.75, 3.05) is 53.7 Å². The molecule has 0 radical (unpaired) electrons. The normalized spacial score (nSPS) is 15.0. The van der Waals surface area contributed by atoms with Crippen molar-refractivity contribution in [3.05, 3.63) is 65.5 Å². The summed E-state index contributed by atoms with van der Waals surface area (Å²) in [5.74, 6) is 1.62. The van der Waals surface area contributed by atoms with Crippen molar-refractivity contribution in [1.82, 2.24) is 18.8 Å². The Kier molecular flexibility index (Phi) is 9.77. The lowest BCUT2D eigenvalue weighted by molar-refractivity contribution is 0.0358. The number of pyridine rings is 1. The summed E-state index contributed by atoms with van der Waals surface area (Å²) in [5, 5.41) is -0.104. The molecule has 0 spiro atoms. The summed E-state index contributed by atoms with van der Waals surface area (Å²) < 4.78 is 65.2. The molecule has 0 N–H and O–H groups in total. The molecule has 1 fully saturated rings. The Bertz CT molecular complexity index is 1670. The van der Waals surface area contributed by atoms with E-state index in [0.29, 0.717) is 35.1 Å². The average Bonchev–Trinajstić information content (AvgIpc) is 3.41. The molecule has 2 aromatic heterocycles. The smallest absolute Gasteiger partial charge is 0.338 e. The third-order valence-corrected chi connectivity index (χ3v) is 10.4. The van der Waals surface area contributed by atoms with Crippen LogP contribution in [0.25, 0.3) is 11.0 Å². The Morgan fingerprint density at radius 2 is 1.74 bits per heavy atom. The molecule has 11 nitrogen and oxygen atoms in total. The molecule has 230 valence electrons. The van der Waals surface area contributed by atoms with Crippen LogP contribution in [0.4, 0.5) is 0 Å². The molecule has 13 heteroatoms. The largest absolute Gasteiger partial charge is 0.609 e. The summed E-state index contributed by atoms with van der Waals surface area (Å²) in [4.78, 5) is 11.3. The summed E-state index contributed by atoms with van der Waals surface area (Å²) in [6.07, 6.45) is 2.49. The highest BCUT2D eigenvalue weighted by Gasteiger charge is 2.32. The van der Waals surface area contributed by atoms with E-state index in [1.54, 1.807) is 43.6 Å². The van der Waals surface area contributed by atoms with Gasteiger partial charge in [0.2, 0.25) is 0 Å². The lowest BCUT2D eigenvalue weighted by Crippen LogP contribution is -2.37. The molecule has 4 aromatic rings. The summed E-state index contributed by atoms with van der Waals surface area (Å²) in [5.41, 5.74) is 2.76. The van der Waals surface area contributed by atoms with Gasteiger partial charge in [0.05, 0.1) is 55.7 Å². The number of methoxy groups -OCH3 is 2. The second-order valence-electron chi connectivity index (χ2n) is 10.2. The van der Waals surface area contributed by atoms with Gasteiger partial charge in [-0.25, -0.2) is 8.42 Å². The van der Waals surface area contributed by atoms with E-state index >= 15 is 0 Å². The van der Waals surface area contributed by atoms with Crippen molar-refractivity contribution >= 4 is 32.2 Å². The van der Waals surface area contributed by atoms with Gasteiger partial charge in [0.25, 0.3) is 10.0 Å². The number of ether oxygens (including phenoxy) is 4. The Morgan fingerprint density at radius 1 is 1.02 bits per heavy atom. The van der Waals surface area contributed by atoms with Crippen LogP contribution < -0.4 is 14.2 Å². The summed E-state index contributed by atoms with van der Waals surface area (Å²) in [6.45, 7) is 8.48. The molecule has 1 unspecified atom stereocenters. The van der Waals surface area contributed by atoms with E-state index in [2.05, 4.69) is 14.9 Å². The van der Waals surface area contributed by atoms with Crippen LogP contribution >= 0.6 is 0 Å². The topological polar surface area (TPSA) is 128 Å². The van der Waals surface area contributed by atoms with Crippen LogP contribution in [0.15, 0.2) is 58.7 Å². The quantitative estimate of drug-likeness (QED) is 0.169. The van der Waals surface area contributed by atoms with Gasteiger partial charge in [-0.05, 0) is 56.7 Å². The van der Waals surface area contributed by atoms with Crippen molar-refractivity contribution in [1.29, 1.82) is 0 Å². The van der Waals surface area contributed by atoms with Gasteiger partial charge in [0.15, 0.2) is 5.75 Å². The Balaban J connectivity index is 1.41. The maximum Gasteiger partial charge on any atom is 0.338 e. The molecule has 5 rings (SSSR count). The second-order valence-corrected chi connectivity index (χ2v) is 13.3. The molecule has 1 atom stereocenters. The molecule has 43 heavy (non-hydrogen) atoms. The van der Waals surface area contributed by atoms with Crippen molar-refractivity contribution in [3.63, 3.8) is 0 Å². The molecule has 2 aromatic carbocycles. The number of morpholine rings is 1. The van der Waals surface area contributed by atoms with Crippen molar-refractivity contribution < 1.29 is 31.9 Å². The number of aromatic nitrogens is 3. The predicted octanol–water partition coefficient (Wildman–Crippen LogP) is 3.71. The fourth-order valence-corrected chi connectivity index (χ4v) is 8.07. The summed E-state index contributed by atoms with van der Waals surface area (Å²) in [6, 6.07) is 11.1. The SMILES string of the molecule is COc1ccc2nc([S+]([O-])Cc3ncc(C)c(OC)c3C)n(S(=O)(=O)c3ccc(OCCCN4CCOCC4)cc3)c2c1. The van der Waals surface area contributed by atoms with Gasteiger partial charge < -0.3 is 23.5 Å². The highest BCUT2D eigenvalue weighted by Crippen LogP contribution is 2.32. The first-order chi connectivity index (χ1) is 20.7. The van der Waals surface area contributed by atoms with E-state index in [1.165, 1.54) is 19.2 Å². The Morgan fingerprint density at radius 3 is 2.44 bits per heavy atom. The van der Waals surface area contributed by atoms with E-state index < -0.39 is 21.2 Å². The fourth-order valence-electron chi connectivity index (χ4n) is 5.04. The molecular formula is C30H36N4O7S2. The minimum atomic E-state index is -4.21. The zero-order valence-electron chi connectivity index (χ0n) is 24.7. The van der Waals surface area contributed by atoms with E-state index in [1.807, 2.05) is 13.8 Å². The van der Waals surface area contributed by atoms with Crippen molar-refractivity contribution in [2.24, 2.45) is 0 Å². The third kappa shape index (κ3) is 6.75. The lowest BCUT2D eigenvalue weighted by Gasteiger charge is -2.26. The predicted molar refractivity (Wildman–Crippen MR) is 163 cm³/mol. The van der Waals surface area contributed by atoms with E-state index in [0.717, 1.165) is 54.4 Å². The average molecular weight is 629 g/mol. The standard InChI is InChI=1S/C30H36N4O7S2/c1-21-19-31-27(22(2)29(21)39-4)20-42(35)30-32-26-11-8-24(38-3)18-28(26)34(30)43(36,37)25-9-6-23(7-10-25)41-15-5-12-33-13-16-40-17-14-33/h6-11,18-19H,5,12-17,20H2,1-4H3. The molecular weight excluding hydrogens is 592 g/mol. The maximum absolute atomic E-state index is 14.1. The lowest BCUT2D eigenvalue weighted by atomic mass is 10.1. The van der Waals surface area contributed by atoms with Gasteiger partial charge in [-0.1, -0.05) is 0 Å². The van der Waals surface area contributed by atoms with Crippen LogP contribution in [0, 0.1) is 13.8 Å². The zero-order chi connectivity index (χ0) is 30.6. The maximum atomic E-state index is 14.1. The van der Waals surface area contributed by atoms with Crippen LogP contribution in [0.3, 0.4) is 0 Å². The highest BCUT2D eigenvalue weighted by atomic mass is 32.2. The number of nitrogens with zero attached hydrogens (tertiary/aromatic N) is 4. The van der Waals surface area contributed by atoms with Gasteiger partial charge >= 0.3 is 5.16 Å². The van der Waals surface area contributed by atoms with E-state index in [4.69, 9.17) is 18.9 Å². The molecule has 1 aliphatic heterocycles. The van der Waals surface area contributed by atoms with Crippen LogP contribution in [0.2, 0.25) is 0 Å². The van der Waals surface area contributed by atoms with Gasteiger partial charge in [-0.3, -0.25) is 9.88 Å². The summed E-state index contributed by atoms with van der Waals surface area (Å²) >= 11 is -1.87. The molecule has 0 saturated carbocycles. The first-order valence-corrected chi connectivity index (χ1v) is 16.7. The van der Waals surface area contributed by atoms with E-state index in [-0.39, 0.29) is 21.3 Å². The molecule has 1 aliphatic rings. The third-order valence-electron chi connectivity index (χ3n) is 7.37. The van der Waals surface area contributed by atoms with Gasteiger partial charge in [-0.15, -0.1) is 0 Å². The first-order valence-electron chi connectivity index (χ1n) is 14.0. The fraction of sp³-hybridized carbons (Fsp3) is 0.400. The Labute approximate surface area is 255 Å². The van der Waals surface area contributed by atoms with Crippen LogP contribution in [-0.4, -0.2) is 85.5 Å². The van der Waals surface area contributed by atoms with Crippen molar-refractivity contribution in [2.45, 2.75) is 36.1 Å². The minimum Gasteiger partial charge on any atom is -0.609 e. The van der Waals surface area contributed by atoms with Crippen LogP contribution in [0.5, 0.6) is 17.2 Å². The van der Waals surface area contributed by atoms with Crippen LogP contribution in [0.1, 0.15) is 23.2 Å². The van der Waals surface area contributed by atoms with Gasteiger partial charge in [0.1, 0.15) is 17.2 Å². The molecule has 0 bridgehead atoms. The summed E-state index contributed by atoms with van der Waals surface area (Å²) in [7, 11) is -1.15. The second kappa shape index (κ2) is 13.5.